The Bertz CT molecular complexity index is 1580. The van der Waals surface area contributed by atoms with Crippen LogP contribution in [-0.2, 0) is 7.05 Å². The maximum Gasteiger partial charge on any atom is 0.0484 e. The maximum atomic E-state index is 2.35. The van der Waals surface area contributed by atoms with Crippen LogP contribution in [0.2, 0.25) is 0 Å². The van der Waals surface area contributed by atoms with Crippen LogP contribution >= 0.6 is 0 Å². The van der Waals surface area contributed by atoms with E-state index >= 15 is 0 Å². The second-order valence-corrected chi connectivity index (χ2v) is 9.76. The molecule has 1 heterocycles. The molecular weight excluding hydrogens is 422 g/mol. The molecule has 1 heteroatoms. The highest BCUT2D eigenvalue weighted by Crippen LogP contribution is 2.58. The summed E-state index contributed by atoms with van der Waals surface area (Å²) in [7, 11) is 2.17. The summed E-state index contributed by atoms with van der Waals surface area (Å²) in [5.74, 6) is 0.635. The highest BCUT2D eigenvalue weighted by atomic mass is 14.9. The minimum atomic E-state index is 0.635. The van der Waals surface area contributed by atoms with Gasteiger partial charge in [-0.25, -0.2) is 0 Å². The number of aromatic nitrogens is 1. The Balaban J connectivity index is 1.66. The molecule has 2 aliphatic rings. The van der Waals surface area contributed by atoms with Gasteiger partial charge in [-0.1, -0.05) is 103 Å². The van der Waals surface area contributed by atoms with E-state index in [0.29, 0.717) is 5.92 Å². The number of hydrogen-bond donors (Lipinski definition) is 0. The standard InChI is InChI=1S/C34H27N/c1-35-22-29(26-16-10-11-19-30(26)35)34-32(25-20-21-25)27-17-8-9-18-28(27)33(34)31(23-12-4-2-5-13-23)24-14-6-3-7-15-24/h2-19,22,25H,20-21H2,1H3. The van der Waals surface area contributed by atoms with Crippen molar-refractivity contribution in [2.24, 2.45) is 13.0 Å². The third-order valence-electron chi connectivity index (χ3n) is 7.53. The highest BCUT2D eigenvalue weighted by molar-refractivity contribution is 6.31. The molecule has 0 saturated heterocycles. The third-order valence-corrected chi connectivity index (χ3v) is 7.53. The molecule has 0 bridgehead atoms. The van der Waals surface area contributed by atoms with Crippen LogP contribution in [0.4, 0.5) is 0 Å². The van der Waals surface area contributed by atoms with Crippen molar-refractivity contribution in [2.75, 3.05) is 0 Å². The monoisotopic (exact) mass is 449 g/mol. The van der Waals surface area contributed by atoms with Gasteiger partial charge in [-0.3, -0.25) is 0 Å². The Labute approximate surface area is 206 Å². The van der Waals surface area contributed by atoms with E-state index in [1.807, 2.05) is 0 Å². The number of hydrogen-bond acceptors (Lipinski definition) is 0. The fourth-order valence-electron chi connectivity index (χ4n) is 5.88. The quantitative estimate of drug-likeness (QED) is 0.259. The Morgan fingerprint density at radius 2 is 1.20 bits per heavy atom. The van der Waals surface area contributed by atoms with E-state index in [-0.39, 0.29) is 0 Å². The van der Waals surface area contributed by atoms with Gasteiger partial charge in [-0.15, -0.1) is 0 Å². The number of para-hydroxylation sites is 1. The average Bonchev–Trinajstić information content (AvgIpc) is 3.63. The molecule has 0 unspecified atom stereocenters. The molecule has 7 rings (SSSR count). The summed E-state index contributed by atoms with van der Waals surface area (Å²) >= 11 is 0. The molecule has 0 spiro atoms. The summed E-state index contributed by atoms with van der Waals surface area (Å²) in [6.45, 7) is 0. The largest absolute Gasteiger partial charge is 0.350 e. The number of benzene rings is 4. The second kappa shape index (κ2) is 7.99. The summed E-state index contributed by atoms with van der Waals surface area (Å²) in [5, 5.41) is 1.33. The molecule has 0 atom stereocenters. The molecule has 2 aliphatic carbocycles. The molecule has 4 aromatic carbocycles. The number of aryl methyl sites for hydroxylation is 1. The van der Waals surface area contributed by atoms with Crippen LogP contribution in [0.25, 0.3) is 33.2 Å². The SMILES string of the molecule is Cn1cc(C2=C(C3CC3)c3ccccc3C2=C(c2ccccc2)c2ccccc2)c2ccccc21. The van der Waals surface area contributed by atoms with Crippen molar-refractivity contribution in [3.05, 3.63) is 143 Å². The van der Waals surface area contributed by atoms with Crippen LogP contribution in [0.5, 0.6) is 0 Å². The van der Waals surface area contributed by atoms with Gasteiger partial charge < -0.3 is 4.57 Å². The van der Waals surface area contributed by atoms with Gasteiger partial charge in [0.15, 0.2) is 0 Å². The molecule has 1 fully saturated rings. The Morgan fingerprint density at radius 1 is 0.629 bits per heavy atom. The Hall–Kier alpha value is -4.10. The lowest BCUT2D eigenvalue weighted by atomic mass is 9.85. The number of allylic oxidation sites excluding steroid dienone is 3. The van der Waals surface area contributed by atoms with Crippen LogP contribution < -0.4 is 0 Å². The van der Waals surface area contributed by atoms with Crippen LogP contribution in [-0.4, -0.2) is 4.57 Å². The highest BCUT2D eigenvalue weighted by Gasteiger charge is 2.39. The first-order valence-corrected chi connectivity index (χ1v) is 12.5. The zero-order valence-corrected chi connectivity index (χ0v) is 19.9. The smallest absolute Gasteiger partial charge is 0.0484 e. The first-order valence-electron chi connectivity index (χ1n) is 12.5. The predicted molar refractivity (Wildman–Crippen MR) is 148 cm³/mol. The van der Waals surface area contributed by atoms with E-state index in [9.17, 15) is 0 Å². The van der Waals surface area contributed by atoms with Gasteiger partial charge in [-0.05, 0) is 69.4 Å². The van der Waals surface area contributed by atoms with Crippen molar-refractivity contribution < 1.29 is 0 Å². The lowest BCUT2D eigenvalue weighted by molar-refractivity contribution is 0.967. The van der Waals surface area contributed by atoms with Gasteiger partial charge >= 0.3 is 0 Å². The van der Waals surface area contributed by atoms with Gasteiger partial charge in [0.1, 0.15) is 0 Å². The summed E-state index contributed by atoms with van der Waals surface area (Å²) in [5.41, 5.74) is 13.6. The maximum absolute atomic E-state index is 2.35. The van der Waals surface area contributed by atoms with Crippen molar-refractivity contribution in [3.8, 4) is 0 Å². The zero-order chi connectivity index (χ0) is 23.4. The topological polar surface area (TPSA) is 4.93 Å². The summed E-state index contributed by atoms with van der Waals surface area (Å²) < 4.78 is 2.29. The average molecular weight is 450 g/mol. The zero-order valence-electron chi connectivity index (χ0n) is 19.9. The molecule has 0 aliphatic heterocycles. The number of nitrogens with zero attached hydrogens (tertiary/aromatic N) is 1. The molecule has 35 heavy (non-hydrogen) atoms. The molecule has 0 radical (unpaired) electrons. The van der Waals surface area contributed by atoms with Gasteiger partial charge in [0.25, 0.3) is 0 Å². The fourth-order valence-corrected chi connectivity index (χ4v) is 5.88. The molecule has 0 amide bonds. The van der Waals surface area contributed by atoms with Crippen molar-refractivity contribution in [2.45, 2.75) is 12.8 Å². The van der Waals surface area contributed by atoms with Gasteiger partial charge in [0, 0.05) is 29.7 Å². The Kier molecular flexibility index (Phi) is 4.63. The van der Waals surface area contributed by atoms with Crippen LogP contribution in [0.1, 0.15) is 40.7 Å². The van der Waals surface area contributed by atoms with Crippen LogP contribution in [0.15, 0.2) is 115 Å². The number of fused-ring (bicyclic) bond motifs is 2. The Morgan fingerprint density at radius 3 is 1.86 bits per heavy atom. The van der Waals surface area contributed by atoms with Gasteiger partial charge in [0.05, 0.1) is 0 Å². The molecule has 0 N–H and O–H groups in total. The normalized spacial score (nSPS) is 15.1. The summed E-state index contributed by atoms with van der Waals surface area (Å²) in [6, 6.07) is 39.8. The summed E-state index contributed by atoms with van der Waals surface area (Å²) in [4.78, 5) is 0. The first-order chi connectivity index (χ1) is 17.3. The van der Waals surface area contributed by atoms with Crippen molar-refractivity contribution in [3.63, 3.8) is 0 Å². The van der Waals surface area contributed by atoms with E-state index in [1.54, 1.807) is 0 Å². The molecule has 1 aromatic heterocycles. The van der Waals surface area contributed by atoms with Crippen molar-refractivity contribution >= 4 is 33.2 Å². The van der Waals surface area contributed by atoms with E-state index < -0.39 is 0 Å². The molecule has 1 saturated carbocycles. The van der Waals surface area contributed by atoms with E-state index in [0.717, 1.165) is 0 Å². The first kappa shape index (κ1) is 20.3. The van der Waals surface area contributed by atoms with Crippen LogP contribution in [0.3, 0.4) is 0 Å². The lowest BCUT2D eigenvalue weighted by Crippen LogP contribution is -1.96. The van der Waals surface area contributed by atoms with Gasteiger partial charge in [0.2, 0.25) is 0 Å². The molecule has 5 aromatic rings. The van der Waals surface area contributed by atoms with E-state index in [4.69, 9.17) is 0 Å². The minimum Gasteiger partial charge on any atom is -0.350 e. The molecule has 168 valence electrons. The third kappa shape index (κ3) is 3.23. The van der Waals surface area contributed by atoms with Gasteiger partial charge in [-0.2, -0.15) is 0 Å². The fraction of sp³-hybridized carbons (Fsp3) is 0.118. The van der Waals surface area contributed by atoms with E-state index in [2.05, 4.69) is 127 Å². The molecular formula is C34H27N. The van der Waals surface area contributed by atoms with Crippen molar-refractivity contribution in [1.29, 1.82) is 0 Å². The second-order valence-electron chi connectivity index (χ2n) is 9.76. The van der Waals surface area contributed by atoms with Crippen molar-refractivity contribution in [1.82, 2.24) is 4.57 Å². The lowest BCUT2D eigenvalue weighted by Gasteiger charge is -2.17. The van der Waals surface area contributed by atoms with Crippen LogP contribution in [0, 0.1) is 5.92 Å². The number of rotatable bonds is 4. The predicted octanol–water partition coefficient (Wildman–Crippen LogP) is 8.47. The summed E-state index contributed by atoms with van der Waals surface area (Å²) in [6.07, 6.45) is 4.90. The minimum absolute atomic E-state index is 0.635. The molecule has 1 nitrogen and oxygen atoms in total. The van der Waals surface area contributed by atoms with E-state index in [1.165, 1.54) is 73.9 Å².